The van der Waals surface area contributed by atoms with Gasteiger partial charge in [0.15, 0.2) is 0 Å². The smallest absolute Gasteiger partial charge is 0.128 e. The van der Waals surface area contributed by atoms with Crippen molar-refractivity contribution in [3.8, 4) is 17.0 Å². The normalized spacial score (nSPS) is 17.0. The van der Waals surface area contributed by atoms with Gasteiger partial charge >= 0.3 is 0 Å². The summed E-state index contributed by atoms with van der Waals surface area (Å²) in [5.74, 6) is 1.68. The molecule has 0 spiro atoms. The largest absolute Gasteiger partial charge is 0.494 e. The number of nitrogens with zero attached hydrogens (tertiary/aromatic N) is 2. The molecule has 0 amide bonds. The summed E-state index contributed by atoms with van der Waals surface area (Å²) in [4.78, 5) is 12.7. The molecule has 2 unspecified atom stereocenters. The van der Waals surface area contributed by atoms with Crippen LogP contribution in [0.2, 0.25) is 0 Å². The van der Waals surface area contributed by atoms with Crippen LogP contribution in [0.15, 0.2) is 59.2 Å². The lowest BCUT2D eigenvalue weighted by Crippen LogP contribution is -2.21. The number of benzene rings is 1. The number of pyridine rings is 1. The van der Waals surface area contributed by atoms with Crippen LogP contribution in [0.4, 0.5) is 5.82 Å². The van der Waals surface area contributed by atoms with Gasteiger partial charge in [-0.1, -0.05) is 18.2 Å². The van der Waals surface area contributed by atoms with Crippen molar-refractivity contribution >= 4 is 22.4 Å². The zero-order valence-electron chi connectivity index (χ0n) is 17.6. The molecular formula is C24H28N4O2. The maximum atomic E-state index is 9.17. The summed E-state index contributed by atoms with van der Waals surface area (Å²) in [7, 11) is 0. The predicted octanol–water partition coefficient (Wildman–Crippen LogP) is 4.58. The van der Waals surface area contributed by atoms with Crippen molar-refractivity contribution in [2.75, 3.05) is 18.5 Å². The quantitative estimate of drug-likeness (QED) is 0.513. The second kappa shape index (κ2) is 8.71. The molecule has 3 N–H and O–H groups in total. The summed E-state index contributed by atoms with van der Waals surface area (Å²) in [6.07, 6.45) is 4.68. The Morgan fingerprint density at radius 3 is 2.93 bits per heavy atom. The van der Waals surface area contributed by atoms with E-state index in [4.69, 9.17) is 9.84 Å². The Labute approximate surface area is 176 Å². The van der Waals surface area contributed by atoms with Gasteiger partial charge in [0.2, 0.25) is 0 Å². The lowest BCUT2D eigenvalue weighted by Gasteiger charge is -2.16. The average molecular weight is 405 g/mol. The highest BCUT2D eigenvalue weighted by atomic mass is 16.5. The molecule has 0 radical (unpaired) electrons. The average Bonchev–Trinajstić information content (AvgIpc) is 3.32. The number of aliphatic imine (C=N–C) groups is 1. The van der Waals surface area contributed by atoms with Gasteiger partial charge in [0, 0.05) is 41.2 Å². The lowest BCUT2D eigenvalue weighted by molar-refractivity contribution is 0.283. The third-order valence-corrected chi connectivity index (χ3v) is 5.36. The lowest BCUT2D eigenvalue weighted by atomic mass is 10.0. The second-order valence-corrected chi connectivity index (χ2v) is 7.58. The van der Waals surface area contributed by atoms with Crippen molar-refractivity contribution in [3.63, 3.8) is 0 Å². The summed E-state index contributed by atoms with van der Waals surface area (Å²) in [6.45, 7) is 6.91. The molecule has 0 saturated heterocycles. The Morgan fingerprint density at radius 2 is 2.13 bits per heavy atom. The molecule has 1 aliphatic rings. The van der Waals surface area contributed by atoms with Gasteiger partial charge in [-0.05, 0) is 51.0 Å². The number of aromatic nitrogens is 2. The zero-order chi connectivity index (χ0) is 21.1. The molecule has 0 bridgehead atoms. The van der Waals surface area contributed by atoms with Crippen LogP contribution in [-0.4, -0.2) is 46.1 Å². The molecule has 2 aromatic heterocycles. The first kappa shape index (κ1) is 20.2. The third-order valence-electron chi connectivity index (χ3n) is 5.36. The summed E-state index contributed by atoms with van der Waals surface area (Å²) >= 11 is 0. The highest BCUT2D eigenvalue weighted by Gasteiger charge is 2.20. The van der Waals surface area contributed by atoms with E-state index >= 15 is 0 Å². The Kier molecular flexibility index (Phi) is 5.86. The molecular weight excluding hydrogens is 376 g/mol. The van der Waals surface area contributed by atoms with Gasteiger partial charge in [-0.25, -0.2) is 4.98 Å². The van der Waals surface area contributed by atoms with E-state index in [1.54, 1.807) is 0 Å². The molecule has 0 fully saturated rings. The van der Waals surface area contributed by atoms with Crippen LogP contribution in [0.5, 0.6) is 5.75 Å². The summed E-state index contributed by atoms with van der Waals surface area (Å²) in [6, 6.07) is 12.4. The van der Waals surface area contributed by atoms with Gasteiger partial charge in [0.05, 0.1) is 24.2 Å². The highest BCUT2D eigenvalue weighted by molar-refractivity contribution is 6.01. The Balaban J connectivity index is 1.54. The maximum Gasteiger partial charge on any atom is 0.128 e. The van der Waals surface area contributed by atoms with Gasteiger partial charge in [-0.3, -0.25) is 4.99 Å². The van der Waals surface area contributed by atoms with E-state index in [-0.39, 0.29) is 18.7 Å². The van der Waals surface area contributed by atoms with Crippen molar-refractivity contribution in [3.05, 3.63) is 54.2 Å². The van der Waals surface area contributed by atoms with Gasteiger partial charge in [-0.2, -0.15) is 0 Å². The highest BCUT2D eigenvalue weighted by Crippen LogP contribution is 2.28. The van der Waals surface area contributed by atoms with Gasteiger partial charge < -0.3 is 20.1 Å². The Morgan fingerprint density at radius 1 is 1.27 bits per heavy atom. The van der Waals surface area contributed by atoms with E-state index in [2.05, 4.69) is 45.4 Å². The molecule has 4 rings (SSSR count). The molecule has 2 atom stereocenters. The van der Waals surface area contributed by atoms with Crippen LogP contribution in [0.3, 0.4) is 0 Å². The monoisotopic (exact) mass is 404 g/mol. The van der Waals surface area contributed by atoms with E-state index in [0.29, 0.717) is 13.0 Å². The number of fused-ring (bicyclic) bond motifs is 1. The van der Waals surface area contributed by atoms with Crippen molar-refractivity contribution in [2.45, 2.75) is 39.3 Å². The molecule has 6 heteroatoms. The SMILES string of the molecule is CCOc1cccc(-c2cc3cnc(NC(C)C4=CC(CCO)N=C4C)cc3[nH]2)c1. The number of aliphatic hydroxyl groups excluding tert-OH is 1. The van der Waals surface area contributed by atoms with Gasteiger partial charge in [-0.15, -0.1) is 0 Å². The van der Waals surface area contributed by atoms with Crippen molar-refractivity contribution in [2.24, 2.45) is 4.99 Å². The number of anilines is 1. The fourth-order valence-corrected chi connectivity index (χ4v) is 3.91. The first-order valence-electron chi connectivity index (χ1n) is 10.4. The first-order chi connectivity index (χ1) is 14.6. The van der Waals surface area contributed by atoms with Crippen LogP contribution in [-0.2, 0) is 0 Å². The number of nitrogens with one attached hydrogen (secondary N) is 2. The number of aromatic amines is 1. The van der Waals surface area contributed by atoms with Crippen LogP contribution in [0, 0.1) is 0 Å². The Hall–Kier alpha value is -3.12. The number of rotatable bonds is 8. The van der Waals surface area contributed by atoms with Crippen LogP contribution < -0.4 is 10.1 Å². The van der Waals surface area contributed by atoms with Crippen molar-refractivity contribution in [1.29, 1.82) is 0 Å². The summed E-state index contributed by atoms with van der Waals surface area (Å²) in [5.41, 5.74) is 5.33. The van der Waals surface area contributed by atoms with Crippen molar-refractivity contribution < 1.29 is 9.84 Å². The number of hydrogen-bond donors (Lipinski definition) is 3. The number of aliphatic hydroxyl groups is 1. The summed E-state index contributed by atoms with van der Waals surface area (Å²) in [5, 5.41) is 13.7. The molecule has 0 aliphatic carbocycles. The molecule has 0 saturated carbocycles. The summed E-state index contributed by atoms with van der Waals surface area (Å²) < 4.78 is 5.62. The fourth-order valence-electron chi connectivity index (χ4n) is 3.91. The second-order valence-electron chi connectivity index (χ2n) is 7.58. The van der Waals surface area contributed by atoms with E-state index in [9.17, 15) is 0 Å². The van der Waals surface area contributed by atoms with Gasteiger partial charge in [0.25, 0.3) is 0 Å². The molecule has 3 heterocycles. The molecule has 30 heavy (non-hydrogen) atoms. The van der Waals surface area contributed by atoms with Crippen LogP contribution in [0.25, 0.3) is 22.2 Å². The minimum absolute atomic E-state index is 0.0723. The predicted molar refractivity (Wildman–Crippen MR) is 122 cm³/mol. The molecule has 156 valence electrons. The van der Waals surface area contributed by atoms with Crippen molar-refractivity contribution in [1.82, 2.24) is 9.97 Å². The third kappa shape index (κ3) is 4.24. The van der Waals surface area contributed by atoms with Crippen LogP contribution >= 0.6 is 0 Å². The van der Waals surface area contributed by atoms with E-state index in [1.165, 1.54) is 0 Å². The van der Waals surface area contributed by atoms with E-state index in [1.807, 2.05) is 44.3 Å². The minimum atomic E-state index is 0.0723. The number of hydrogen-bond acceptors (Lipinski definition) is 5. The van der Waals surface area contributed by atoms with Crippen LogP contribution in [0.1, 0.15) is 27.2 Å². The zero-order valence-corrected chi connectivity index (χ0v) is 17.6. The first-order valence-corrected chi connectivity index (χ1v) is 10.4. The minimum Gasteiger partial charge on any atom is -0.494 e. The van der Waals surface area contributed by atoms with Gasteiger partial charge in [0.1, 0.15) is 11.6 Å². The number of H-pyrrole nitrogens is 1. The molecule has 6 nitrogen and oxygen atoms in total. The maximum absolute atomic E-state index is 9.17. The molecule has 1 aliphatic heterocycles. The fraction of sp³-hybridized carbons (Fsp3) is 0.333. The topological polar surface area (TPSA) is 82.5 Å². The molecule has 1 aromatic carbocycles. The molecule has 3 aromatic rings. The van der Waals surface area contributed by atoms with E-state index < -0.39 is 0 Å². The Bertz CT molecular complexity index is 1100. The van der Waals surface area contributed by atoms with E-state index in [0.717, 1.165) is 45.0 Å². The standard InChI is InChI=1S/C24H28N4O2/c1-4-30-20-7-5-6-17(10-20)22-11-18-14-25-24(13-23(18)28-22)27-16(3)21-12-19(8-9-29)26-15(21)2/h5-7,10-14,16,19,28-29H,4,8-9H2,1-3H3,(H,25,27). The number of ether oxygens (including phenoxy) is 1.